The summed E-state index contributed by atoms with van der Waals surface area (Å²) < 4.78 is 11.2. The molecule has 4 heteroatoms. The van der Waals surface area contributed by atoms with Crippen LogP contribution in [0, 0.1) is 5.41 Å². The highest BCUT2D eigenvalue weighted by atomic mass is 16.5. The minimum atomic E-state index is -0.292. The number of ether oxygens (including phenoxy) is 2. The predicted molar refractivity (Wildman–Crippen MR) is 72.0 cm³/mol. The van der Waals surface area contributed by atoms with E-state index < -0.39 is 0 Å². The fourth-order valence-corrected chi connectivity index (χ4v) is 2.66. The molecule has 1 unspecified atom stereocenters. The number of hydrogen-bond acceptors (Lipinski definition) is 4. The molecule has 0 bridgehead atoms. The highest BCUT2D eigenvalue weighted by Crippen LogP contribution is 2.34. The molecule has 1 aromatic carbocycles. The second kappa shape index (κ2) is 4.85. The van der Waals surface area contributed by atoms with Crippen LogP contribution in [0.4, 0.5) is 0 Å². The smallest absolute Gasteiger partial charge is 0.170 e. The minimum Gasteiger partial charge on any atom is -0.490 e. The molecule has 0 aliphatic carbocycles. The molecule has 1 aromatic rings. The van der Waals surface area contributed by atoms with Gasteiger partial charge in [0.15, 0.2) is 17.3 Å². The lowest BCUT2D eigenvalue weighted by molar-refractivity contribution is 0.0839. The van der Waals surface area contributed by atoms with Crippen molar-refractivity contribution in [2.24, 2.45) is 5.41 Å². The standard InChI is InChI=1S/C15H19NO3/c1-15(5-6-16-10-15)14(17)11-3-4-12-13(9-11)19-8-2-7-18-12/h3-4,9,16H,2,5-8,10H2,1H3. The zero-order valence-electron chi connectivity index (χ0n) is 11.2. The molecule has 1 N–H and O–H groups in total. The van der Waals surface area contributed by atoms with Crippen LogP contribution in [0.15, 0.2) is 18.2 Å². The van der Waals surface area contributed by atoms with Crippen molar-refractivity contribution in [3.8, 4) is 11.5 Å². The van der Waals surface area contributed by atoms with Gasteiger partial charge in [-0.15, -0.1) is 0 Å². The Morgan fingerprint density at radius 3 is 2.79 bits per heavy atom. The molecule has 3 rings (SSSR count). The normalized spacial score (nSPS) is 25.9. The third-order valence-electron chi connectivity index (χ3n) is 3.93. The predicted octanol–water partition coefficient (Wildman–Crippen LogP) is 2.03. The van der Waals surface area contributed by atoms with Gasteiger partial charge in [0.2, 0.25) is 0 Å². The van der Waals surface area contributed by atoms with Crippen LogP contribution in [0.5, 0.6) is 11.5 Å². The molecule has 2 aliphatic heterocycles. The van der Waals surface area contributed by atoms with Gasteiger partial charge in [0.05, 0.1) is 13.2 Å². The Balaban J connectivity index is 1.89. The first kappa shape index (κ1) is 12.5. The van der Waals surface area contributed by atoms with Crippen LogP contribution in [0.3, 0.4) is 0 Å². The molecule has 4 nitrogen and oxygen atoms in total. The number of nitrogens with one attached hydrogen (secondary N) is 1. The van der Waals surface area contributed by atoms with E-state index in [9.17, 15) is 4.79 Å². The summed E-state index contributed by atoms with van der Waals surface area (Å²) >= 11 is 0. The van der Waals surface area contributed by atoms with Gasteiger partial charge in [-0.1, -0.05) is 6.92 Å². The maximum Gasteiger partial charge on any atom is 0.170 e. The van der Waals surface area contributed by atoms with Crippen LogP contribution in [0.1, 0.15) is 30.1 Å². The van der Waals surface area contributed by atoms with Gasteiger partial charge >= 0.3 is 0 Å². The van der Waals surface area contributed by atoms with Crippen molar-refractivity contribution in [3.63, 3.8) is 0 Å². The van der Waals surface area contributed by atoms with Crippen molar-refractivity contribution in [2.75, 3.05) is 26.3 Å². The van der Waals surface area contributed by atoms with Crippen molar-refractivity contribution in [1.29, 1.82) is 0 Å². The Hall–Kier alpha value is -1.55. The molecule has 0 radical (unpaired) electrons. The summed E-state index contributed by atoms with van der Waals surface area (Å²) in [6, 6.07) is 5.52. The summed E-state index contributed by atoms with van der Waals surface area (Å²) in [5.74, 6) is 1.62. The maximum atomic E-state index is 12.6. The summed E-state index contributed by atoms with van der Waals surface area (Å²) in [7, 11) is 0. The lowest BCUT2D eigenvalue weighted by atomic mass is 9.81. The van der Waals surface area contributed by atoms with E-state index in [1.165, 1.54) is 0 Å². The number of Topliss-reactive ketones (excluding diaryl/α,β-unsaturated/α-hetero) is 1. The number of benzene rings is 1. The van der Waals surface area contributed by atoms with Crippen molar-refractivity contribution < 1.29 is 14.3 Å². The largest absolute Gasteiger partial charge is 0.490 e. The highest BCUT2D eigenvalue weighted by Gasteiger charge is 2.37. The van der Waals surface area contributed by atoms with Gasteiger partial charge in [-0.05, 0) is 31.2 Å². The molecule has 2 heterocycles. The Morgan fingerprint density at radius 1 is 1.26 bits per heavy atom. The van der Waals surface area contributed by atoms with Crippen LogP contribution < -0.4 is 14.8 Å². The van der Waals surface area contributed by atoms with Gasteiger partial charge in [-0.2, -0.15) is 0 Å². The van der Waals surface area contributed by atoms with Crippen LogP contribution in [-0.2, 0) is 0 Å². The summed E-state index contributed by atoms with van der Waals surface area (Å²) in [4.78, 5) is 12.6. The van der Waals surface area contributed by atoms with Crippen molar-refractivity contribution in [1.82, 2.24) is 5.32 Å². The van der Waals surface area contributed by atoms with E-state index in [1.54, 1.807) is 0 Å². The molecule has 19 heavy (non-hydrogen) atoms. The molecule has 1 fully saturated rings. The summed E-state index contributed by atoms with van der Waals surface area (Å²) in [5, 5.41) is 3.26. The zero-order valence-corrected chi connectivity index (χ0v) is 11.2. The third-order valence-corrected chi connectivity index (χ3v) is 3.93. The zero-order chi connectivity index (χ0) is 13.3. The van der Waals surface area contributed by atoms with Crippen LogP contribution in [0.25, 0.3) is 0 Å². The number of hydrogen-bond donors (Lipinski definition) is 1. The average Bonchev–Trinajstić information content (AvgIpc) is 2.74. The molecule has 0 saturated carbocycles. The molecular weight excluding hydrogens is 242 g/mol. The fraction of sp³-hybridized carbons (Fsp3) is 0.533. The first-order valence-electron chi connectivity index (χ1n) is 6.84. The molecular formula is C15H19NO3. The first-order valence-corrected chi connectivity index (χ1v) is 6.84. The first-order chi connectivity index (χ1) is 9.19. The molecule has 1 saturated heterocycles. The van der Waals surface area contributed by atoms with Crippen molar-refractivity contribution in [2.45, 2.75) is 19.8 Å². The van der Waals surface area contributed by atoms with E-state index in [0.717, 1.165) is 37.2 Å². The van der Waals surface area contributed by atoms with E-state index in [4.69, 9.17) is 9.47 Å². The molecule has 1 atom stereocenters. The summed E-state index contributed by atoms with van der Waals surface area (Å²) in [5.41, 5.74) is 0.426. The number of fused-ring (bicyclic) bond motifs is 1. The number of carbonyl (C=O) groups excluding carboxylic acids is 1. The van der Waals surface area contributed by atoms with Gasteiger partial charge < -0.3 is 14.8 Å². The van der Waals surface area contributed by atoms with Gasteiger partial charge in [0.1, 0.15) is 0 Å². The quantitative estimate of drug-likeness (QED) is 0.828. The fourth-order valence-electron chi connectivity index (χ4n) is 2.66. The Kier molecular flexibility index (Phi) is 3.19. The molecule has 0 amide bonds. The molecule has 0 aromatic heterocycles. The lowest BCUT2D eigenvalue weighted by Crippen LogP contribution is -2.30. The van der Waals surface area contributed by atoms with Gasteiger partial charge in [0, 0.05) is 23.9 Å². The number of rotatable bonds is 2. The number of ketones is 1. The van der Waals surface area contributed by atoms with E-state index in [0.29, 0.717) is 19.0 Å². The van der Waals surface area contributed by atoms with E-state index >= 15 is 0 Å². The second-order valence-electron chi connectivity index (χ2n) is 5.53. The molecule has 0 spiro atoms. The van der Waals surface area contributed by atoms with Crippen LogP contribution in [0.2, 0.25) is 0 Å². The van der Waals surface area contributed by atoms with Gasteiger partial charge in [0.25, 0.3) is 0 Å². The summed E-state index contributed by atoms with van der Waals surface area (Å²) in [6.45, 7) is 5.00. The van der Waals surface area contributed by atoms with Gasteiger partial charge in [-0.25, -0.2) is 0 Å². The van der Waals surface area contributed by atoms with E-state index in [-0.39, 0.29) is 11.2 Å². The van der Waals surface area contributed by atoms with Crippen LogP contribution in [-0.4, -0.2) is 32.1 Å². The lowest BCUT2D eigenvalue weighted by Gasteiger charge is -2.21. The Labute approximate surface area is 113 Å². The molecule has 2 aliphatic rings. The Bertz CT molecular complexity index is 492. The SMILES string of the molecule is CC1(C(=O)c2ccc3c(c2)OCCCO3)CCNC1. The number of carbonyl (C=O) groups is 1. The highest BCUT2D eigenvalue weighted by molar-refractivity contribution is 6.01. The Morgan fingerprint density at radius 2 is 2.05 bits per heavy atom. The van der Waals surface area contributed by atoms with Crippen molar-refractivity contribution in [3.05, 3.63) is 23.8 Å². The van der Waals surface area contributed by atoms with Crippen LogP contribution >= 0.6 is 0 Å². The topological polar surface area (TPSA) is 47.6 Å². The average molecular weight is 261 g/mol. The second-order valence-corrected chi connectivity index (χ2v) is 5.53. The monoisotopic (exact) mass is 261 g/mol. The van der Waals surface area contributed by atoms with E-state index in [1.807, 2.05) is 25.1 Å². The minimum absolute atomic E-state index is 0.188. The maximum absolute atomic E-state index is 12.6. The van der Waals surface area contributed by atoms with E-state index in [2.05, 4.69) is 5.32 Å². The van der Waals surface area contributed by atoms with Gasteiger partial charge in [-0.3, -0.25) is 4.79 Å². The summed E-state index contributed by atoms with van der Waals surface area (Å²) in [6.07, 6.45) is 1.76. The third kappa shape index (κ3) is 2.32. The molecule has 102 valence electrons. The van der Waals surface area contributed by atoms with Crippen molar-refractivity contribution >= 4 is 5.78 Å².